The van der Waals surface area contributed by atoms with Crippen molar-refractivity contribution in [2.24, 2.45) is 0 Å². The van der Waals surface area contributed by atoms with Gasteiger partial charge >= 0.3 is 0 Å². The zero-order valence-corrected chi connectivity index (χ0v) is 22.2. The number of rotatable bonds is 5. The number of carbonyl (C=O) groups is 2. The predicted molar refractivity (Wildman–Crippen MR) is 149 cm³/mol. The highest BCUT2D eigenvalue weighted by Crippen LogP contribution is 2.23. The van der Waals surface area contributed by atoms with Gasteiger partial charge in [-0.15, -0.1) is 0 Å². The molecule has 9 heteroatoms. The SMILES string of the molecule is CN1CCN(C2CCN(C(=O)c3cc4cc(Cc5nccc(-c6ccccn6)n5)ccc4[nH]3)CC2)CCC1=O. The summed E-state index contributed by atoms with van der Waals surface area (Å²) in [6.07, 6.45) is 6.57. The van der Waals surface area contributed by atoms with E-state index in [0.717, 1.165) is 79.2 Å². The van der Waals surface area contributed by atoms with Gasteiger partial charge in [0.15, 0.2) is 0 Å². The molecule has 0 spiro atoms. The van der Waals surface area contributed by atoms with Crippen molar-refractivity contribution in [3.63, 3.8) is 0 Å². The zero-order valence-electron chi connectivity index (χ0n) is 22.2. The Morgan fingerprint density at radius 3 is 2.64 bits per heavy atom. The number of piperidine rings is 1. The molecule has 1 N–H and O–H groups in total. The lowest BCUT2D eigenvalue weighted by Gasteiger charge is -2.37. The number of fused-ring (bicyclic) bond motifs is 1. The van der Waals surface area contributed by atoms with E-state index in [2.05, 4.69) is 32.0 Å². The fraction of sp³-hybridized carbons (Fsp3) is 0.367. The number of aromatic amines is 1. The van der Waals surface area contributed by atoms with Gasteiger partial charge in [-0.25, -0.2) is 9.97 Å². The van der Waals surface area contributed by atoms with Crippen LogP contribution in [-0.2, 0) is 11.2 Å². The Labute approximate surface area is 227 Å². The van der Waals surface area contributed by atoms with Gasteiger partial charge in [-0.05, 0) is 54.8 Å². The molecule has 0 saturated carbocycles. The van der Waals surface area contributed by atoms with Gasteiger partial charge in [-0.1, -0.05) is 12.1 Å². The van der Waals surface area contributed by atoms with Crippen molar-refractivity contribution >= 4 is 22.7 Å². The molecule has 1 aromatic carbocycles. The third-order valence-electron chi connectivity index (χ3n) is 7.94. The number of pyridine rings is 1. The lowest BCUT2D eigenvalue weighted by molar-refractivity contribution is -0.129. The van der Waals surface area contributed by atoms with Crippen LogP contribution < -0.4 is 0 Å². The van der Waals surface area contributed by atoms with E-state index in [4.69, 9.17) is 4.98 Å². The van der Waals surface area contributed by atoms with E-state index in [1.807, 2.05) is 53.2 Å². The van der Waals surface area contributed by atoms with Gasteiger partial charge < -0.3 is 14.8 Å². The van der Waals surface area contributed by atoms with Crippen molar-refractivity contribution in [2.75, 3.05) is 39.8 Å². The lowest BCUT2D eigenvalue weighted by atomic mass is 10.0. The number of benzene rings is 1. The fourth-order valence-electron chi connectivity index (χ4n) is 5.65. The molecule has 3 aromatic heterocycles. The minimum absolute atomic E-state index is 0.0448. The van der Waals surface area contributed by atoms with Gasteiger partial charge in [-0.3, -0.25) is 19.5 Å². The molecule has 0 aliphatic carbocycles. The van der Waals surface area contributed by atoms with Gasteiger partial charge in [0.1, 0.15) is 11.5 Å². The van der Waals surface area contributed by atoms with Crippen LogP contribution in [-0.4, -0.2) is 92.3 Å². The van der Waals surface area contributed by atoms with Crippen molar-refractivity contribution in [1.29, 1.82) is 0 Å². The van der Waals surface area contributed by atoms with Gasteiger partial charge in [0.2, 0.25) is 5.91 Å². The predicted octanol–water partition coefficient (Wildman–Crippen LogP) is 3.38. The average Bonchev–Trinajstić information content (AvgIpc) is 3.33. The van der Waals surface area contributed by atoms with Crippen molar-refractivity contribution in [1.82, 2.24) is 34.6 Å². The highest BCUT2D eigenvalue weighted by Gasteiger charge is 2.30. The number of hydrogen-bond acceptors (Lipinski definition) is 6. The van der Waals surface area contributed by atoms with Crippen molar-refractivity contribution < 1.29 is 9.59 Å². The molecule has 6 rings (SSSR count). The maximum Gasteiger partial charge on any atom is 0.270 e. The Hall–Kier alpha value is -4.11. The number of amides is 2. The number of likely N-dealkylation sites (N-methyl/N-ethyl adjacent to an activating group) is 1. The first-order valence-electron chi connectivity index (χ1n) is 13.7. The second kappa shape index (κ2) is 10.9. The van der Waals surface area contributed by atoms with Crippen LogP contribution in [0.5, 0.6) is 0 Å². The highest BCUT2D eigenvalue weighted by molar-refractivity contribution is 5.98. The van der Waals surface area contributed by atoms with Crippen LogP contribution in [0.2, 0.25) is 0 Å². The van der Waals surface area contributed by atoms with E-state index in [-0.39, 0.29) is 11.8 Å². The van der Waals surface area contributed by atoms with Gasteiger partial charge in [-0.2, -0.15) is 0 Å². The number of hydrogen-bond donors (Lipinski definition) is 1. The first kappa shape index (κ1) is 25.2. The van der Waals surface area contributed by atoms with E-state index >= 15 is 0 Å². The van der Waals surface area contributed by atoms with E-state index in [9.17, 15) is 9.59 Å². The Morgan fingerprint density at radius 1 is 0.949 bits per heavy atom. The van der Waals surface area contributed by atoms with Crippen LogP contribution >= 0.6 is 0 Å². The summed E-state index contributed by atoms with van der Waals surface area (Å²) in [4.78, 5) is 48.5. The lowest BCUT2D eigenvalue weighted by Crippen LogP contribution is -2.47. The molecule has 0 atom stereocenters. The maximum absolute atomic E-state index is 13.3. The Morgan fingerprint density at radius 2 is 1.82 bits per heavy atom. The molecule has 9 nitrogen and oxygen atoms in total. The van der Waals surface area contributed by atoms with E-state index in [1.54, 1.807) is 12.4 Å². The topological polar surface area (TPSA) is 98.3 Å². The number of likely N-dealkylation sites (tertiary alicyclic amines) is 1. The molecule has 2 fully saturated rings. The van der Waals surface area contributed by atoms with Crippen molar-refractivity contribution in [3.8, 4) is 11.4 Å². The summed E-state index contributed by atoms with van der Waals surface area (Å²) < 4.78 is 0. The summed E-state index contributed by atoms with van der Waals surface area (Å²) in [5.41, 5.74) is 4.27. The maximum atomic E-state index is 13.3. The van der Waals surface area contributed by atoms with Gasteiger partial charge in [0, 0.05) is 82.0 Å². The summed E-state index contributed by atoms with van der Waals surface area (Å²) >= 11 is 0. The molecular weight excluding hydrogens is 490 g/mol. The molecule has 2 aliphatic rings. The molecule has 39 heavy (non-hydrogen) atoms. The van der Waals surface area contributed by atoms with Crippen LogP contribution in [0.4, 0.5) is 0 Å². The molecule has 4 aromatic rings. The van der Waals surface area contributed by atoms with Crippen LogP contribution in [0.1, 0.15) is 41.1 Å². The quantitative estimate of drug-likeness (QED) is 0.431. The number of nitrogens with one attached hydrogen (secondary N) is 1. The van der Waals surface area contributed by atoms with Crippen molar-refractivity contribution in [2.45, 2.75) is 31.7 Å². The second-order valence-electron chi connectivity index (χ2n) is 10.5. The van der Waals surface area contributed by atoms with Crippen LogP contribution in [0.15, 0.2) is 60.9 Å². The van der Waals surface area contributed by atoms with E-state index < -0.39 is 0 Å². The number of carbonyl (C=O) groups excluding carboxylic acids is 2. The monoisotopic (exact) mass is 523 g/mol. The fourth-order valence-corrected chi connectivity index (χ4v) is 5.65. The average molecular weight is 524 g/mol. The normalized spacial score (nSPS) is 17.5. The molecular formula is C30H33N7O2. The molecule has 2 aliphatic heterocycles. The van der Waals surface area contributed by atoms with Gasteiger partial charge in [0.05, 0.1) is 11.4 Å². The third kappa shape index (κ3) is 5.54. The summed E-state index contributed by atoms with van der Waals surface area (Å²) in [6.45, 7) is 3.95. The first-order chi connectivity index (χ1) is 19.0. The minimum Gasteiger partial charge on any atom is -0.351 e. The number of H-pyrrole nitrogens is 1. The van der Waals surface area contributed by atoms with E-state index in [0.29, 0.717) is 24.6 Å². The second-order valence-corrected chi connectivity index (χ2v) is 10.5. The minimum atomic E-state index is 0.0448. The summed E-state index contributed by atoms with van der Waals surface area (Å²) in [7, 11) is 1.88. The zero-order chi connectivity index (χ0) is 26.8. The largest absolute Gasteiger partial charge is 0.351 e. The third-order valence-corrected chi connectivity index (χ3v) is 7.94. The molecule has 0 radical (unpaired) electrons. The van der Waals surface area contributed by atoms with Crippen LogP contribution in [0.25, 0.3) is 22.3 Å². The summed E-state index contributed by atoms with van der Waals surface area (Å²) in [6, 6.07) is 16.2. The number of aromatic nitrogens is 4. The molecule has 0 bridgehead atoms. The first-order valence-corrected chi connectivity index (χ1v) is 13.7. The molecule has 2 saturated heterocycles. The Bertz CT molecular complexity index is 1480. The number of nitrogens with zero attached hydrogens (tertiary/aromatic N) is 6. The standard InChI is InChI=1S/C30H33N7O2/c1-35-16-17-36(15-10-29(35)38)23-8-13-37(14-9-23)30(39)27-20-22-18-21(5-6-24(22)33-27)19-28-32-12-7-26(34-28)25-4-2-3-11-31-25/h2-7,11-12,18,20,23,33H,8-10,13-17,19H2,1H3. The molecule has 5 heterocycles. The summed E-state index contributed by atoms with van der Waals surface area (Å²) in [5, 5.41) is 1.00. The molecule has 200 valence electrons. The highest BCUT2D eigenvalue weighted by atomic mass is 16.2. The van der Waals surface area contributed by atoms with Crippen LogP contribution in [0.3, 0.4) is 0 Å². The van der Waals surface area contributed by atoms with E-state index in [1.165, 1.54) is 0 Å². The Kier molecular flexibility index (Phi) is 7.06. The molecule has 2 amide bonds. The van der Waals surface area contributed by atoms with Gasteiger partial charge in [0.25, 0.3) is 5.91 Å². The van der Waals surface area contributed by atoms with Crippen LogP contribution in [0, 0.1) is 0 Å². The molecule has 0 unspecified atom stereocenters. The Balaban J connectivity index is 1.10. The summed E-state index contributed by atoms with van der Waals surface area (Å²) in [5.74, 6) is 0.994. The smallest absolute Gasteiger partial charge is 0.270 e. The van der Waals surface area contributed by atoms with Crippen molar-refractivity contribution in [3.05, 3.63) is 78.0 Å².